The molecule has 0 bridgehead atoms. The van der Waals surface area contributed by atoms with E-state index in [-0.39, 0.29) is 41.8 Å². The number of fused-ring (bicyclic) bond motifs is 5. The molecule has 9 rings (SSSR count). The third kappa shape index (κ3) is 9.06. The summed E-state index contributed by atoms with van der Waals surface area (Å²) < 4.78 is 165. The van der Waals surface area contributed by atoms with Gasteiger partial charge in [-0.25, -0.2) is 4.99 Å². The molecular formula is C55H32F12N4. The lowest BCUT2D eigenvalue weighted by Crippen LogP contribution is -2.08. The van der Waals surface area contributed by atoms with E-state index in [0.29, 0.717) is 84.5 Å². The van der Waals surface area contributed by atoms with Crippen LogP contribution in [0.3, 0.4) is 0 Å². The third-order valence-corrected chi connectivity index (χ3v) is 12.7. The normalized spacial score (nSPS) is 17.0. The number of hydrogen-bond acceptors (Lipinski definition) is 4. The molecule has 0 N–H and O–H groups in total. The average Bonchev–Trinajstić information content (AvgIpc) is 3.77. The van der Waals surface area contributed by atoms with E-state index in [1.165, 1.54) is 48.5 Å². The number of unbranched alkanes of at least 4 members (excludes halogenated alkanes) is 1. The number of aliphatic imine (C=N–C) groups is 2. The Balaban J connectivity index is 1.29. The average molecular weight is 977 g/mol. The molecule has 6 aromatic rings. The van der Waals surface area contributed by atoms with Crippen molar-refractivity contribution in [2.75, 3.05) is 0 Å². The van der Waals surface area contributed by atoms with Crippen molar-refractivity contribution in [3.05, 3.63) is 189 Å². The number of rotatable bonds is 6. The smallest absolute Gasteiger partial charge is 0.245 e. The quantitative estimate of drug-likeness (QED) is 0.0947. The summed E-state index contributed by atoms with van der Waals surface area (Å²) in [5.41, 5.74) is 4.06. The largest absolute Gasteiger partial charge is 0.416 e. The van der Waals surface area contributed by atoms with Gasteiger partial charge in [-0.1, -0.05) is 60.2 Å². The molecule has 0 saturated carbocycles. The van der Waals surface area contributed by atoms with Gasteiger partial charge in [0.15, 0.2) is 0 Å². The summed E-state index contributed by atoms with van der Waals surface area (Å²) in [6.07, 6.45) is -14.0. The first-order chi connectivity index (χ1) is 33.6. The Bertz CT molecular complexity index is 3380. The molecule has 0 amide bonds. The monoisotopic (exact) mass is 976 g/mol. The first kappa shape index (κ1) is 48.1. The Hall–Kier alpha value is -7.98. The van der Waals surface area contributed by atoms with Crippen molar-refractivity contribution in [1.29, 1.82) is 10.5 Å². The molecular weight excluding hydrogens is 945 g/mol. The molecule has 0 unspecified atom stereocenters. The zero-order valence-corrected chi connectivity index (χ0v) is 36.8. The molecule has 4 nitrogen and oxygen atoms in total. The van der Waals surface area contributed by atoms with Crippen molar-refractivity contribution >= 4 is 22.6 Å². The van der Waals surface area contributed by atoms with Gasteiger partial charge in [-0.05, 0) is 166 Å². The second-order valence-electron chi connectivity index (χ2n) is 17.0. The lowest BCUT2D eigenvalue weighted by molar-refractivity contribution is -0.138. The maximum absolute atomic E-state index is 13.8. The van der Waals surface area contributed by atoms with Gasteiger partial charge in [-0.3, -0.25) is 0 Å². The lowest BCUT2D eigenvalue weighted by Gasteiger charge is -2.17. The van der Waals surface area contributed by atoms with Gasteiger partial charge in [0.2, 0.25) is 6.19 Å². The van der Waals surface area contributed by atoms with Crippen LogP contribution in [0.2, 0.25) is 0 Å². The third-order valence-electron chi connectivity index (χ3n) is 12.7. The zero-order chi connectivity index (χ0) is 50.8. The number of alkyl halides is 12. The molecule has 1 heterocycles. The van der Waals surface area contributed by atoms with Crippen LogP contribution in [0.5, 0.6) is 0 Å². The second-order valence-corrected chi connectivity index (χ2v) is 17.0. The lowest BCUT2D eigenvalue weighted by atomic mass is 9.87. The van der Waals surface area contributed by atoms with Crippen LogP contribution in [0, 0.1) is 22.8 Å². The highest BCUT2D eigenvalue weighted by Crippen LogP contribution is 2.51. The minimum atomic E-state index is -4.68. The van der Waals surface area contributed by atoms with Crippen LogP contribution in [-0.4, -0.2) is 11.4 Å². The van der Waals surface area contributed by atoms with Crippen molar-refractivity contribution in [1.82, 2.24) is 0 Å². The van der Waals surface area contributed by atoms with Crippen LogP contribution >= 0.6 is 0 Å². The number of nitriles is 2. The van der Waals surface area contributed by atoms with E-state index >= 15 is 0 Å². The van der Waals surface area contributed by atoms with Crippen molar-refractivity contribution in [3.63, 3.8) is 0 Å². The molecule has 1 aliphatic heterocycles. The van der Waals surface area contributed by atoms with E-state index in [0.717, 1.165) is 54.1 Å². The Morgan fingerprint density at radius 1 is 0.507 bits per heavy atom. The molecule has 0 atom stereocenters. The molecule has 0 fully saturated rings. The van der Waals surface area contributed by atoms with E-state index < -0.39 is 47.0 Å². The van der Waals surface area contributed by atoms with Gasteiger partial charge in [-0.2, -0.15) is 68.2 Å². The van der Waals surface area contributed by atoms with Crippen molar-refractivity contribution in [3.8, 4) is 56.8 Å². The minimum absolute atomic E-state index is 0.0869. The Kier molecular flexibility index (Phi) is 12.0. The van der Waals surface area contributed by atoms with Crippen LogP contribution in [-0.2, 0) is 24.7 Å². The molecule has 0 radical (unpaired) electrons. The van der Waals surface area contributed by atoms with Gasteiger partial charge >= 0.3 is 24.7 Å². The number of halogens is 12. The van der Waals surface area contributed by atoms with Crippen LogP contribution in [0.25, 0.3) is 55.7 Å². The molecule has 0 aromatic heterocycles. The van der Waals surface area contributed by atoms with E-state index in [2.05, 4.69) is 11.1 Å². The fraction of sp³-hybridized carbons (Fsp3) is 0.164. The van der Waals surface area contributed by atoms with Gasteiger partial charge in [0.25, 0.3) is 0 Å². The highest BCUT2D eigenvalue weighted by atomic mass is 19.4. The summed E-state index contributed by atoms with van der Waals surface area (Å²) in [6.45, 7) is 1.87. The fourth-order valence-corrected chi connectivity index (χ4v) is 9.30. The Labute approximate surface area is 397 Å². The number of hydrogen-bond donors (Lipinski definition) is 0. The first-order valence-corrected chi connectivity index (χ1v) is 21.7. The Morgan fingerprint density at radius 3 is 1.27 bits per heavy atom. The van der Waals surface area contributed by atoms with Gasteiger partial charge < -0.3 is 0 Å². The maximum Gasteiger partial charge on any atom is 0.416 e. The van der Waals surface area contributed by atoms with Gasteiger partial charge in [0, 0.05) is 23.1 Å². The van der Waals surface area contributed by atoms with Crippen molar-refractivity contribution < 1.29 is 52.7 Å². The van der Waals surface area contributed by atoms with E-state index in [1.807, 2.05) is 19.2 Å². The van der Waals surface area contributed by atoms with Crippen molar-refractivity contribution in [2.45, 2.75) is 57.3 Å². The molecule has 71 heavy (non-hydrogen) atoms. The molecule has 16 heteroatoms. The van der Waals surface area contributed by atoms with Crippen molar-refractivity contribution in [2.24, 2.45) is 9.98 Å². The van der Waals surface area contributed by atoms with Gasteiger partial charge in [0.1, 0.15) is 5.71 Å². The minimum Gasteiger partial charge on any atom is -0.245 e. The highest BCUT2D eigenvalue weighted by molar-refractivity contribution is 6.33. The molecule has 6 aromatic carbocycles. The topological polar surface area (TPSA) is 72.3 Å². The summed E-state index contributed by atoms with van der Waals surface area (Å²) in [4.78, 5) is 9.50. The van der Waals surface area contributed by atoms with Crippen LogP contribution in [0.15, 0.2) is 154 Å². The molecule has 2 aliphatic carbocycles. The molecule has 356 valence electrons. The number of nitrogens with zero attached hydrogens (tertiary/aromatic N) is 4. The first-order valence-electron chi connectivity index (χ1n) is 21.7. The van der Waals surface area contributed by atoms with Crippen LogP contribution < -0.4 is 0 Å². The number of benzene rings is 6. The summed E-state index contributed by atoms with van der Waals surface area (Å²) >= 11 is 0. The van der Waals surface area contributed by atoms with E-state index in [1.54, 1.807) is 24.3 Å². The summed E-state index contributed by atoms with van der Waals surface area (Å²) in [7, 11) is 0. The second kappa shape index (κ2) is 17.8. The van der Waals surface area contributed by atoms with E-state index in [9.17, 15) is 63.2 Å². The van der Waals surface area contributed by atoms with Gasteiger partial charge in [-0.15, -0.1) is 0 Å². The van der Waals surface area contributed by atoms with E-state index in [4.69, 9.17) is 4.99 Å². The predicted octanol–water partition coefficient (Wildman–Crippen LogP) is 16.7. The van der Waals surface area contributed by atoms with Crippen LogP contribution in [0.4, 0.5) is 52.7 Å². The summed E-state index contributed by atoms with van der Waals surface area (Å²) in [6, 6.07) is 26.0. The predicted molar refractivity (Wildman–Crippen MR) is 245 cm³/mol. The standard InChI is InChI=1S/C55H32F12N4/c1-29-5-22-39-45-25-41(31-8-16-35(17-9-31)53(59,60)61)43(33-12-20-37(21-13-33)55(65,66)67)27-47(45)50(70-28-69)51(39)71-49-46-26-42(32-10-18-36(19-11-32)54(62,63)64)40(30-6-14-34(15-7-30)52(56,57)58)24-44(46)38(48(29)49)4-2-3-23-68/h4,6-21,24-27H,2-3,5,22H2,1H3/b38-4+,48-29+,70-50?,71-49?. The van der Waals surface area contributed by atoms with Gasteiger partial charge in [0.05, 0.1) is 39.7 Å². The highest BCUT2D eigenvalue weighted by Gasteiger charge is 2.38. The Morgan fingerprint density at radius 2 is 0.887 bits per heavy atom. The number of allylic oxidation sites excluding steroid dienone is 6. The molecule has 3 aliphatic rings. The summed E-state index contributed by atoms with van der Waals surface area (Å²) in [5.74, 6) is 0. The SMILES string of the molecule is C/C1=C2\C(=NC3=C(CC1)c1cc(-c4ccc(C(F)(F)F)cc4)c(-c4ccc(C(F)(F)F)cc4)cc1C3=NC#N)c1cc(-c3ccc(C(F)(F)F)cc3)c(-c3ccc(C(F)(F)F)cc3)cc1\C2=C/CCC#N. The summed E-state index contributed by atoms with van der Waals surface area (Å²) in [5, 5.41) is 19.7. The molecule has 0 saturated heterocycles. The maximum atomic E-state index is 13.8. The van der Waals surface area contributed by atoms with Crippen LogP contribution in [0.1, 0.15) is 77.1 Å². The molecule has 0 spiro atoms. The fourth-order valence-electron chi connectivity index (χ4n) is 9.30. The zero-order valence-electron chi connectivity index (χ0n) is 36.8.